The molecule has 2 unspecified atom stereocenters. The highest BCUT2D eigenvalue weighted by Gasteiger charge is 2.32. The Morgan fingerprint density at radius 3 is 2.27 bits per heavy atom. The lowest BCUT2D eigenvalue weighted by Gasteiger charge is -2.35. The van der Waals surface area contributed by atoms with E-state index in [2.05, 4.69) is 9.88 Å². The molecule has 8 nitrogen and oxygen atoms in total. The summed E-state index contributed by atoms with van der Waals surface area (Å²) in [6.45, 7) is 7.10. The lowest BCUT2D eigenvalue weighted by atomic mass is 10.2. The maximum absolute atomic E-state index is 13.0. The molecule has 4 rings (SSSR count). The van der Waals surface area contributed by atoms with Crippen molar-refractivity contribution in [1.29, 1.82) is 0 Å². The fourth-order valence-electron chi connectivity index (χ4n) is 3.90. The second-order valence-electron chi connectivity index (χ2n) is 7.70. The minimum absolute atomic E-state index is 0.0775. The summed E-state index contributed by atoms with van der Waals surface area (Å²) in [5.74, 6) is -0.0775. The standard InChI is InChI=1S/C20H26N4O4S2/c1-15-13-24(14-16(2)28-15)30(26,27)18-5-3-17(4-6-18)19(25)22-8-10-23(11-9-22)20-21-7-12-29-20/h3-7,12,15-16H,8-11,13-14H2,1-2H3. The minimum atomic E-state index is -3.61. The average Bonchev–Trinajstić information content (AvgIpc) is 3.28. The molecule has 0 spiro atoms. The van der Waals surface area contributed by atoms with Crippen LogP contribution in [0.3, 0.4) is 0 Å². The second-order valence-corrected chi connectivity index (χ2v) is 10.5. The maximum atomic E-state index is 13.0. The molecule has 2 saturated heterocycles. The Hall–Kier alpha value is -2.01. The number of hydrogen-bond donors (Lipinski definition) is 0. The molecule has 10 heteroatoms. The molecule has 162 valence electrons. The number of ether oxygens (including phenoxy) is 1. The van der Waals surface area contributed by atoms with Crippen molar-refractivity contribution in [3.63, 3.8) is 0 Å². The molecule has 2 aliphatic rings. The van der Waals surface area contributed by atoms with Crippen molar-refractivity contribution < 1.29 is 17.9 Å². The van der Waals surface area contributed by atoms with Crippen LogP contribution < -0.4 is 4.90 Å². The van der Waals surface area contributed by atoms with E-state index in [0.717, 1.165) is 18.2 Å². The Balaban J connectivity index is 1.41. The van der Waals surface area contributed by atoms with Gasteiger partial charge in [0.1, 0.15) is 0 Å². The predicted molar refractivity (Wildman–Crippen MR) is 115 cm³/mol. The Morgan fingerprint density at radius 1 is 1.07 bits per heavy atom. The number of carbonyl (C=O) groups is 1. The first-order valence-corrected chi connectivity index (χ1v) is 12.4. The van der Waals surface area contributed by atoms with E-state index in [1.165, 1.54) is 16.4 Å². The van der Waals surface area contributed by atoms with Crippen LogP contribution in [0.2, 0.25) is 0 Å². The number of sulfonamides is 1. The number of carbonyl (C=O) groups excluding carboxylic acids is 1. The van der Waals surface area contributed by atoms with Crippen LogP contribution in [0.1, 0.15) is 24.2 Å². The molecule has 3 heterocycles. The molecule has 2 atom stereocenters. The van der Waals surface area contributed by atoms with Crippen molar-refractivity contribution in [2.24, 2.45) is 0 Å². The summed E-state index contributed by atoms with van der Waals surface area (Å²) in [7, 11) is -3.61. The van der Waals surface area contributed by atoms with Crippen molar-refractivity contribution >= 4 is 32.4 Å². The fourth-order valence-corrected chi connectivity index (χ4v) is 6.19. The first-order chi connectivity index (χ1) is 14.3. The van der Waals surface area contributed by atoms with Gasteiger partial charge in [-0.25, -0.2) is 13.4 Å². The molecule has 0 N–H and O–H groups in total. The molecule has 2 fully saturated rings. The molecule has 2 aromatic rings. The van der Waals surface area contributed by atoms with Gasteiger partial charge in [-0.2, -0.15) is 4.31 Å². The molecule has 0 aliphatic carbocycles. The van der Waals surface area contributed by atoms with E-state index in [-0.39, 0.29) is 23.0 Å². The number of hydrogen-bond acceptors (Lipinski definition) is 7. The molecule has 0 radical (unpaired) electrons. The zero-order valence-electron chi connectivity index (χ0n) is 17.1. The number of nitrogens with zero attached hydrogens (tertiary/aromatic N) is 4. The van der Waals surface area contributed by atoms with Gasteiger partial charge >= 0.3 is 0 Å². The molecular weight excluding hydrogens is 424 g/mol. The van der Waals surface area contributed by atoms with Gasteiger partial charge in [-0.3, -0.25) is 4.79 Å². The Labute approximate surface area is 181 Å². The Morgan fingerprint density at radius 2 is 1.70 bits per heavy atom. The summed E-state index contributed by atoms with van der Waals surface area (Å²) in [5, 5.41) is 2.92. The largest absolute Gasteiger partial charge is 0.373 e. The topological polar surface area (TPSA) is 83.1 Å². The summed E-state index contributed by atoms with van der Waals surface area (Å²) in [5.41, 5.74) is 0.500. The highest BCUT2D eigenvalue weighted by Crippen LogP contribution is 2.23. The zero-order valence-corrected chi connectivity index (χ0v) is 18.7. The van der Waals surface area contributed by atoms with Gasteiger partial charge in [0.15, 0.2) is 5.13 Å². The van der Waals surface area contributed by atoms with Crippen molar-refractivity contribution in [2.75, 3.05) is 44.2 Å². The van der Waals surface area contributed by atoms with Gasteiger partial charge in [-0.1, -0.05) is 0 Å². The van der Waals surface area contributed by atoms with Gasteiger partial charge in [-0.05, 0) is 38.1 Å². The van der Waals surface area contributed by atoms with Crippen molar-refractivity contribution in [3.8, 4) is 0 Å². The van der Waals surface area contributed by atoms with Gasteiger partial charge in [0.25, 0.3) is 5.91 Å². The number of thiazole rings is 1. The molecule has 2 aliphatic heterocycles. The van der Waals surface area contributed by atoms with E-state index in [1.807, 2.05) is 19.2 Å². The third-order valence-electron chi connectivity index (χ3n) is 5.38. The highest BCUT2D eigenvalue weighted by atomic mass is 32.2. The van der Waals surface area contributed by atoms with Gasteiger partial charge in [0.05, 0.1) is 17.1 Å². The van der Waals surface area contributed by atoms with E-state index >= 15 is 0 Å². The molecule has 0 bridgehead atoms. The summed E-state index contributed by atoms with van der Waals surface area (Å²) in [4.78, 5) is 21.4. The fraction of sp³-hybridized carbons (Fsp3) is 0.500. The summed E-state index contributed by atoms with van der Waals surface area (Å²) < 4.78 is 33.0. The van der Waals surface area contributed by atoms with Crippen LogP contribution in [0, 0.1) is 0 Å². The molecule has 0 saturated carbocycles. The third-order valence-corrected chi connectivity index (χ3v) is 8.06. The van der Waals surface area contributed by atoms with Gasteiger partial charge in [-0.15, -0.1) is 11.3 Å². The van der Waals surface area contributed by atoms with Gasteiger partial charge < -0.3 is 14.5 Å². The summed E-state index contributed by atoms with van der Waals surface area (Å²) in [6, 6.07) is 6.27. The molecule has 1 aromatic heterocycles. The van der Waals surface area contributed by atoms with Crippen LogP contribution in [-0.2, 0) is 14.8 Å². The normalized spacial score (nSPS) is 23.5. The van der Waals surface area contributed by atoms with Crippen LogP contribution >= 0.6 is 11.3 Å². The quantitative estimate of drug-likeness (QED) is 0.708. The second kappa shape index (κ2) is 8.62. The van der Waals surface area contributed by atoms with Crippen molar-refractivity contribution in [2.45, 2.75) is 31.0 Å². The molecule has 30 heavy (non-hydrogen) atoms. The maximum Gasteiger partial charge on any atom is 0.253 e. The van der Waals surface area contributed by atoms with Crippen LogP contribution in [-0.4, -0.2) is 80.0 Å². The van der Waals surface area contributed by atoms with E-state index in [9.17, 15) is 13.2 Å². The first kappa shape index (κ1) is 21.2. The van der Waals surface area contributed by atoms with Gasteiger partial charge in [0.2, 0.25) is 10.0 Å². The van der Waals surface area contributed by atoms with Crippen molar-refractivity contribution in [3.05, 3.63) is 41.4 Å². The van der Waals surface area contributed by atoms with Crippen LogP contribution in [0.15, 0.2) is 40.7 Å². The average molecular weight is 451 g/mol. The first-order valence-electron chi connectivity index (χ1n) is 10.0. The van der Waals surface area contributed by atoms with Crippen LogP contribution in [0.25, 0.3) is 0 Å². The smallest absolute Gasteiger partial charge is 0.253 e. The monoisotopic (exact) mass is 450 g/mol. The number of anilines is 1. The summed E-state index contributed by atoms with van der Waals surface area (Å²) in [6.07, 6.45) is 1.49. The zero-order chi connectivity index (χ0) is 21.3. The number of morpholine rings is 1. The predicted octanol–water partition coefficient (Wildman–Crippen LogP) is 1.90. The number of rotatable bonds is 4. The SMILES string of the molecule is CC1CN(S(=O)(=O)c2ccc(C(=O)N3CCN(c4nccs4)CC3)cc2)CC(C)O1. The third kappa shape index (κ3) is 4.36. The molecule has 1 amide bonds. The number of amides is 1. The van der Waals surface area contributed by atoms with E-state index < -0.39 is 10.0 Å². The lowest BCUT2D eigenvalue weighted by molar-refractivity contribution is -0.0440. The van der Waals surface area contributed by atoms with E-state index in [0.29, 0.717) is 31.7 Å². The summed E-state index contributed by atoms with van der Waals surface area (Å²) >= 11 is 1.59. The number of benzene rings is 1. The number of piperazine rings is 1. The van der Waals surface area contributed by atoms with Crippen molar-refractivity contribution in [1.82, 2.24) is 14.2 Å². The van der Waals surface area contributed by atoms with E-state index in [4.69, 9.17) is 4.74 Å². The van der Waals surface area contributed by atoms with Crippen LogP contribution in [0.5, 0.6) is 0 Å². The minimum Gasteiger partial charge on any atom is -0.373 e. The highest BCUT2D eigenvalue weighted by molar-refractivity contribution is 7.89. The number of aromatic nitrogens is 1. The van der Waals surface area contributed by atoms with E-state index in [1.54, 1.807) is 34.6 Å². The van der Waals surface area contributed by atoms with Crippen LogP contribution in [0.4, 0.5) is 5.13 Å². The Kier molecular flexibility index (Phi) is 6.10. The molecule has 1 aromatic carbocycles. The Bertz CT molecular complexity index is 961. The van der Waals surface area contributed by atoms with Gasteiger partial charge in [0, 0.05) is 56.4 Å². The molecular formula is C20H26N4O4S2. The lowest BCUT2D eigenvalue weighted by Crippen LogP contribution is -2.48.